The molecule has 2 rings (SSSR count). The van der Waals surface area contributed by atoms with Crippen molar-refractivity contribution in [2.24, 2.45) is 0 Å². The molecule has 0 aliphatic heterocycles. The molecule has 0 bridgehead atoms. The normalized spacial score (nSPS) is 10.2. The molecule has 0 heterocycles. The maximum absolute atomic E-state index is 12.8. The molecule has 0 radical (unpaired) electrons. The van der Waals surface area contributed by atoms with E-state index >= 15 is 0 Å². The van der Waals surface area contributed by atoms with Gasteiger partial charge in [-0.1, -0.05) is 0 Å². The number of carbonyl (C=O) groups excluding carboxylic acids is 2. The number of ketones is 1. The summed E-state index contributed by atoms with van der Waals surface area (Å²) in [6.07, 6.45) is -0.207. The number of benzene rings is 2. The zero-order valence-electron chi connectivity index (χ0n) is 12.5. The number of phenols is 1. The summed E-state index contributed by atoms with van der Waals surface area (Å²) < 4.78 is 12.8. The summed E-state index contributed by atoms with van der Waals surface area (Å²) in [6, 6.07) is 8.52. The van der Waals surface area contributed by atoms with E-state index in [4.69, 9.17) is 5.11 Å². The highest BCUT2D eigenvalue weighted by molar-refractivity contribution is 6.00. The number of amides is 1. The molecule has 0 aliphatic rings. The molecule has 0 fully saturated rings. The maximum atomic E-state index is 12.8. The number of carbonyl (C=O) groups is 3. The lowest BCUT2D eigenvalue weighted by molar-refractivity contribution is -0.116. The van der Waals surface area contributed by atoms with Crippen LogP contribution in [0.4, 0.5) is 10.1 Å². The summed E-state index contributed by atoms with van der Waals surface area (Å²) in [5.74, 6) is -2.86. The number of halogens is 1. The monoisotopic (exact) mass is 331 g/mol. The average molecular weight is 331 g/mol. The molecule has 7 heteroatoms. The van der Waals surface area contributed by atoms with E-state index in [0.29, 0.717) is 5.56 Å². The minimum Gasteiger partial charge on any atom is -0.506 e. The molecule has 0 aliphatic carbocycles. The van der Waals surface area contributed by atoms with Crippen molar-refractivity contribution in [3.05, 3.63) is 59.4 Å². The fraction of sp³-hybridized carbons (Fsp3) is 0.118. The van der Waals surface area contributed by atoms with Gasteiger partial charge in [0.25, 0.3) is 0 Å². The van der Waals surface area contributed by atoms with Crippen molar-refractivity contribution in [3.8, 4) is 5.75 Å². The van der Waals surface area contributed by atoms with E-state index in [-0.39, 0.29) is 35.6 Å². The van der Waals surface area contributed by atoms with E-state index in [1.165, 1.54) is 24.3 Å². The molecule has 3 N–H and O–H groups in total. The van der Waals surface area contributed by atoms with Crippen LogP contribution in [0, 0.1) is 5.82 Å². The summed E-state index contributed by atoms with van der Waals surface area (Å²) >= 11 is 0. The number of aromatic hydroxyl groups is 1. The number of carboxylic acid groups (broad SMARTS) is 1. The molecule has 0 unspecified atom stereocenters. The molecular weight excluding hydrogens is 317 g/mol. The zero-order valence-corrected chi connectivity index (χ0v) is 12.5. The van der Waals surface area contributed by atoms with Crippen LogP contribution < -0.4 is 5.32 Å². The highest BCUT2D eigenvalue weighted by atomic mass is 19.1. The van der Waals surface area contributed by atoms with Crippen molar-refractivity contribution >= 4 is 23.3 Å². The van der Waals surface area contributed by atoms with E-state index in [1.807, 2.05) is 0 Å². The first kappa shape index (κ1) is 17.1. The van der Waals surface area contributed by atoms with Crippen LogP contribution in [-0.2, 0) is 4.79 Å². The minimum absolute atomic E-state index is 0.0548. The topological polar surface area (TPSA) is 104 Å². The third-order valence-corrected chi connectivity index (χ3v) is 3.26. The van der Waals surface area contributed by atoms with Gasteiger partial charge in [0, 0.05) is 18.4 Å². The third-order valence-electron chi connectivity index (χ3n) is 3.26. The molecule has 24 heavy (non-hydrogen) atoms. The molecule has 2 aromatic carbocycles. The van der Waals surface area contributed by atoms with Gasteiger partial charge >= 0.3 is 5.97 Å². The summed E-state index contributed by atoms with van der Waals surface area (Å²) in [7, 11) is 0. The molecule has 6 nitrogen and oxygen atoms in total. The number of anilines is 1. The van der Waals surface area contributed by atoms with E-state index < -0.39 is 17.7 Å². The maximum Gasteiger partial charge on any atom is 0.335 e. The molecular formula is C17H14FNO5. The Bertz CT molecular complexity index is 786. The van der Waals surface area contributed by atoms with Crippen molar-refractivity contribution in [1.29, 1.82) is 0 Å². The van der Waals surface area contributed by atoms with Crippen molar-refractivity contribution < 1.29 is 29.0 Å². The second-order valence-electron chi connectivity index (χ2n) is 5.02. The first-order valence-electron chi connectivity index (χ1n) is 7.02. The first-order valence-corrected chi connectivity index (χ1v) is 7.02. The van der Waals surface area contributed by atoms with Gasteiger partial charge in [-0.25, -0.2) is 9.18 Å². The molecule has 0 spiro atoms. The van der Waals surface area contributed by atoms with Crippen molar-refractivity contribution in [3.63, 3.8) is 0 Å². The Labute approximate surface area is 136 Å². The number of hydrogen-bond donors (Lipinski definition) is 3. The number of phenolic OH excluding ortho intramolecular Hbond substituents is 1. The lowest BCUT2D eigenvalue weighted by Crippen LogP contribution is -2.14. The van der Waals surface area contributed by atoms with Gasteiger partial charge in [0.05, 0.1) is 11.3 Å². The zero-order chi connectivity index (χ0) is 17.7. The average Bonchev–Trinajstić information content (AvgIpc) is 2.55. The fourth-order valence-corrected chi connectivity index (χ4v) is 1.99. The van der Waals surface area contributed by atoms with Crippen molar-refractivity contribution in [1.82, 2.24) is 0 Å². The van der Waals surface area contributed by atoms with Crippen LogP contribution in [0.5, 0.6) is 5.75 Å². The first-order chi connectivity index (χ1) is 11.4. The molecule has 0 aromatic heterocycles. The number of carboxylic acids is 1. The lowest BCUT2D eigenvalue weighted by atomic mass is 10.1. The van der Waals surface area contributed by atoms with Crippen LogP contribution in [0.15, 0.2) is 42.5 Å². The highest BCUT2D eigenvalue weighted by Gasteiger charge is 2.12. The number of aromatic carboxylic acids is 1. The van der Waals surface area contributed by atoms with Gasteiger partial charge in [0.15, 0.2) is 5.78 Å². The molecule has 0 atom stereocenters. The van der Waals surface area contributed by atoms with Crippen LogP contribution in [0.2, 0.25) is 0 Å². The predicted molar refractivity (Wildman–Crippen MR) is 83.7 cm³/mol. The molecule has 0 saturated heterocycles. The smallest absolute Gasteiger partial charge is 0.335 e. The van der Waals surface area contributed by atoms with Gasteiger partial charge in [0.2, 0.25) is 5.91 Å². The second-order valence-corrected chi connectivity index (χ2v) is 5.02. The Balaban J connectivity index is 1.92. The summed E-state index contributed by atoms with van der Waals surface area (Å²) in [5.41, 5.74) is 0.245. The van der Waals surface area contributed by atoms with Gasteiger partial charge in [-0.3, -0.25) is 9.59 Å². The van der Waals surface area contributed by atoms with Gasteiger partial charge in [0.1, 0.15) is 11.6 Å². The number of Topliss-reactive ketones (excluding diaryl/α,β-unsaturated/α-hetero) is 1. The molecule has 2 aromatic rings. The number of hydrogen-bond acceptors (Lipinski definition) is 4. The summed E-state index contributed by atoms with van der Waals surface area (Å²) in [6.45, 7) is 0. The van der Waals surface area contributed by atoms with E-state index in [1.54, 1.807) is 0 Å². The fourth-order valence-electron chi connectivity index (χ4n) is 1.99. The molecule has 124 valence electrons. The lowest BCUT2D eigenvalue weighted by Gasteiger charge is -2.08. The van der Waals surface area contributed by atoms with Gasteiger partial charge in [-0.2, -0.15) is 0 Å². The Kier molecular flexibility index (Phi) is 5.26. The molecule has 1 amide bonds. The standard InChI is InChI=1S/C17H14FNO5/c18-12-4-1-10(2-5-12)14(20)7-8-16(22)19-13-6-3-11(17(23)24)9-15(13)21/h1-6,9,21H,7-8H2,(H,19,22)(H,23,24). The summed E-state index contributed by atoms with van der Waals surface area (Å²) in [5, 5.41) is 20.9. The number of rotatable bonds is 6. The van der Waals surface area contributed by atoms with Crippen LogP contribution in [0.25, 0.3) is 0 Å². The van der Waals surface area contributed by atoms with Gasteiger partial charge in [-0.15, -0.1) is 0 Å². The van der Waals surface area contributed by atoms with Gasteiger partial charge in [-0.05, 0) is 42.5 Å². The van der Waals surface area contributed by atoms with E-state index in [9.17, 15) is 23.9 Å². The largest absolute Gasteiger partial charge is 0.506 e. The molecule has 0 saturated carbocycles. The SMILES string of the molecule is O=C(CCC(=O)c1ccc(F)cc1)Nc1ccc(C(=O)O)cc1O. The quantitative estimate of drug-likeness (QED) is 0.558. The van der Waals surface area contributed by atoms with Crippen LogP contribution in [-0.4, -0.2) is 27.9 Å². The van der Waals surface area contributed by atoms with E-state index in [2.05, 4.69) is 5.32 Å². The van der Waals surface area contributed by atoms with E-state index in [0.717, 1.165) is 18.2 Å². The summed E-state index contributed by atoms with van der Waals surface area (Å²) in [4.78, 5) is 34.5. The second kappa shape index (κ2) is 7.36. The van der Waals surface area contributed by atoms with Crippen LogP contribution in [0.1, 0.15) is 33.6 Å². The van der Waals surface area contributed by atoms with Crippen molar-refractivity contribution in [2.75, 3.05) is 5.32 Å². The van der Waals surface area contributed by atoms with Crippen LogP contribution in [0.3, 0.4) is 0 Å². The third kappa shape index (κ3) is 4.39. The Hall–Kier alpha value is -3.22. The Morgan fingerprint density at radius 1 is 0.958 bits per heavy atom. The Morgan fingerprint density at radius 2 is 1.58 bits per heavy atom. The van der Waals surface area contributed by atoms with Gasteiger partial charge < -0.3 is 15.5 Å². The predicted octanol–water partition coefficient (Wildman–Crippen LogP) is 2.83. The van der Waals surface area contributed by atoms with Crippen LogP contribution >= 0.6 is 0 Å². The Morgan fingerprint density at radius 3 is 2.17 bits per heavy atom. The highest BCUT2D eigenvalue weighted by Crippen LogP contribution is 2.24. The minimum atomic E-state index is -1.20. The van der Waals surface area contributed by atoms with Crippen molar-refractivity contribution in [2.45, 2.75) is 12.8 Å². The number of nitrogens with one attached hydrogen (secondary N) is 1.